The molecule has 1 rings (SSSR count). The summed E-state index contributed by atoms with van der Waals surface area (Å²) in [6.45, 7) is 7.56. The molecule has 0 aromatic carbocycles. The van der Waals surface area contributed by atoms with Crippen LogP contribution < -0.4 is 5.32 Å². The Morgan fingerprint density at radius 1 is 1.40 bits per heavy atom. The lowest BCUT2D eigenvalue weighted by Gasteiger charge is -2.24. The second kappa shape index (κ2) is 8.08. The molecule has 0 aromatic heterocycles. The number of hydrogen-bond acceptors (Lipinski definition) is 3. The minimum Gasteiger partial charge on any atom is -0.380 e. The topological polar surface area (TPSA) is 24.5 Å². The van der Waals surface area contributed by atoms with Gasteiger partial charge in [-0.15, -0.1) is 0 Å². The summed E-state index contributed by atoms with van der Waals surface area (Å²) in [6.07, 6.45) is 5.08. The van der Waals surface area contributed by atoms with Crippen LogP contribution in [0.1, 0.15) is 32.6 Å². The zero-order chi connectivity index (χ0) is 10.9. The number of nitrogens with zero attached hydrogens (tertiary/aromatic N) is 1. The summed E-state index contributed by atoms with van der Waals surface area (Å²) in [7, 11) is 2.20. The van der Waals surface area contributed by atoms with Gasteiger partial charge < -0.3 is 15.0 Å². The molecule has 0 aromatic rings. The molecular formula is C12H26N2O. The van der Waals surface area contributed by atoms with Crippen molar-refractivity contribution in [3.8, 4) is 0 Å². The van der Waals surface area contributed by atoms with Crippen molar-refractivity contribution in [2.24, 2.45) is 0 Å². The highest BCUT2D eigenvalue weighted by molar-refractivity contribution is 4.70. The van der Waals surface area contributed by atoms with Crippen LogP contribution in [0.4, 0.5) is 0 Å². The van der Waals surface area contributed by atoms with E-state index in [0.29, 0.717) is 6.04 Å². The highest BCUT2D eigenvalue weighted by Crippen LogP contribution is 2.05. The first-order valence-electron chi connectivity index (χ1n) is 6.32. The van der Waals surface area contributed by atoms with Gasteiger partial charge in [0.1, 0.15) is 0 Å². The second-order valence-electron chi connectivity index (χ2n) is 4.53. The highest BCUT2D eigenvalue weighted by Gasteiger charge is 2.12. The van der Waals surface area contributed by atoms with Crippen molar-refractivity contribution in [3.63, 3.8) is 0 Å². The molecule has 90 valence electrons. The normalized spacial score (nSPS) is 22.2. The van der Waals surface area contributed by atoms with Crippen LogP contribution in [0.25, 0.3) is 0 Å². The third-order valence-corrected chi connectivity index (χ3v) is 2.98. The average molecular weight is 214 g/mol. The van der Waals surface area contributed by atoms with Gasteiger partial charge in [-0.1, -0.05) is 13.3 Å². The average Bonchev–Trinajstić information content (AvgIpc) is 2.28. The summed E-state index contributed by atoms with van der Waals surface area (Å²) >= 11 is 0. The van der Waals surface area contributed by atoms with Crippen molar-refractivity contribution >= 4 is 0 Å². The molecule has 1 heterocycles. The predicted molar refractivity (Wildman–Crippen MR) is 64.2 cm³/mol. The van der Waals surface area contributed by atoms with Gasteiger partial charge in [0.15, 0.2) is 0 Å². The van der Waals surface area contributed by atoms with Gasteiger partial charge >= 0.3 is 0 Å². The summed E-state index contributed by atoms with van der Waals surface area (Å²) in [5, 5.41) is 3.56. The number of nitrogens with one attached hydrogen (secondary N) is 1. The molecule has 1 atom stereocenters. The lowest BCUT2D eigenvalue weighted by atomic mass is 10.1. The largest absolute Gasteiger partial charge is 0.380 e. The van der Waals surface area contributed by atoms with Gasteiger partial charge in [0.25, 0.3) is 0 Å². The van der Waals surface area contributed by atoms with Crippen LogP contribution in [0.15, 0.2) is 0 Å². The quantitative estimate of drug-likeness (QED) is 0.695. The summed E-state index contributed by atoms with van der Waals surface area (Å²) in [5.41, 5.74) is 0. The van der Waals surface area contributed by atoms with Gasteiger partial charge in [0.05, 0.1) is 6.61 Å². The van der Waals surface area contributed by atoms with E-state index in [1.807, 2.05) is 0 Å². The van der Waals surface area contributed by atoms with Crippen molar-refractivity contribution < 1.29 is 4.74 Å². The van der Waals surface area contributed by atoms with Gasteiger partial charge in [-0.05, 0) is 32.9 Å². The molecule has 1 saturated heterocycles. The van der Waals surface area contributed by atoms with Gasteiger partial charge in [0, 0.05) is 25.7 Å². The van der Waals surface area contributed by atoms with Crippen molar-refractivity contribution in [3.05, 3.63) is 0 Å². The number of ether oxygens (including phenoxy) is 1. The lowest BCUT2D eigenvalue weighted by Crippen LogP contribution is -2.40. The third-order valence-electron chi connectivity index (χ3n) is 2.98. The van der Waals surface area contributed by atoms with Crippen LogP contribution in [-0.4, -0.2) is 50.8 Å². The molecule has 0 aliphatic carbocycles. The molecule has 1 unspecified atom stereocenters. The fraction of sp³-hybridized carbons (Fsp3) is 1.00. The Kier molecular flexibility index (Phi) is 6.98. The SMILES string of the molecule is CCCCN(C)CCNC1CCCOC1. The summed E-state index contributed by atoms with van der Waals surface area (Å²) in [5.74, 6) is 0. The van der Waals surface area contributed by atoms with E-state index in [9.17, 15) is 0 Å². The van der Waals surface area contributed by atoms with Crippen LogP contribution >= 0.6 is 0 Å². The summed E-state index contributed by atoms with van der Waals surface area (Å²) in [4.78, 5) is 2.40. The molecule has 0 amide bonds. The van der Waals surface area contributed by atoms with E-state index in [0.717, 1.165) is 26.3 Å². The molecule has 3 nitrogen and oxygen atoms in total. The smallest absolute Gasteiger partial charge is 0.0619 e. The third kappa shape index (κ3) is 6.13. The van der Waals surface area contributed by atoms with Crippen molar-refractivity contribution in [2.75, 3.05) is 39.9 Å². The fourth-order valence-corrected chi connectivity index (χ4v) is 1.90. The van der Waals surface area contributed by atoms with Crippen molar-refractivity contribution in [1.82, 2.24) is 10.2 Å². The molecule has 1 N–H and O–H groups in total. The number of unbranched alkanes of at least 4 members (excludes halogenated alkanes) is 1. The van der Waals surface area contributed by atoms with Gasteiger partial charge in [-0.2, -0.15) is 0 Å². The lowest BCUT2D eigenvalue weighted by molar-refractivity contribution is 0.0698. The van der Waals surface area contributed by atoms with Crippen LogP contribution in [0.2, 0.25) is 0 Å². The van der Waals surface area contributed by atoms with Crippen LogP contribution in [-0.2, 0) is 4.74 Å². The van der Waals surface area contributed by atoms with E-state index < -0.39 is 0 Å². The predicted octanol–water partition coefficient (Wildman–Crippen LogP) is 1.49. The zero-order valence-corrected chi connectivity index (χ0v) is 10.3. The molecule has 0 spiro atoms. The first-order valence-corrected chi connectivity index (χ1v) is 6.32. The van der Waals surface area contributed by atoms with E-state index in [1.54, 1.807) is 0 Å². The van der Waals surface area contributed by atoms with E-state index in [2.05, 4.69) is 24.2 Å². The van der Waals surface area contributed by atoms with Crippen molar-refractivity contribution in [2.45, 2.75) is 38.6 Å². The van der Waals surface area contributed by atoms with Crippen LogP contribution in [0, 0.1) is 0 Å². The zero-order valence-electron chi connectivity index (χ0n) is 10.3. The molecule has 0 radical (unpaired) electrons. The Labute approximate surface area is 94.2 Å². The number of hydrogen-bond donors (Lipinski definition) is 1. The van der Waals surface area contributed by atoms with Gasteiger partial charge in [-0.3, -0.25) is 0 Å². The summed E-state index contributed by atoms with van der Waals surface area (Å²) < 4.78 is 5.43. The molecule has 1 fully saturated rings. The minimum atomic E-state index is 0.596. The van der Waals surface area contributed by atoms with Crippen LogP contribution in [0.3, 0.4) is 0 Å². The van der Waals surface area contributed by atoms with Crippen molar-refractivity contribution in [1.29, 1.82) is 0 Å². The van der Waals surface area contributed by atoms with Gasteiger partial charge in [-0.25, -0.2) is 0 Å². The molecule has 1 aliphatic heterocycles. The molecular weight excluding hydrogens is 188 g/mol. The Morgan fingerprint density at radius 2 is 2.27 bits per heavy atom. The Balaban J connectivity index is 1.94. The molecule has 3 heteroatoms. The molecule has 1 aliphatic rings. The maximum Gasteiger partial charge on any atom is 0.0619 e. The first kappa shape index (κ1) is 12.9. The van der Waals surface area contributed by atoms with E-state index >= 15 is 0 Å². The second-order valence-corrected chi connectivity index (χ2v) is 4.53. The number of likely N-dealkylation sites (N-methyl/N-ethyl adjacent to an activating group) is 1. The summed E-state index contributed by atoms with van der Waals surface area (Å²) in [6, 6.07) is 0.596. The Hall–Kier alpha value is -0.120. The standard InChI is InChI=1S/C12H26N2O/c1-3-4-8-14(2)9-7-13-12-6-5-10-15-11-12/h12-13H,3-11H2,1-2H3. The maximum atomic E-state index is 5.43. The molecule has 15 heavy (non-hydrogen) atoms. The van der Waals surface area contributed by atoms with E-state index in [1.165, 1.54) is 32.2 Å². The molecule has 0 saturated carbocycles. The monoisotopic (exact) mass is 214 g/mol. The maximum absolute atomic E-state index is 5.43. The molecule has 0 bridgehead atoms. The highest BCUT2D eigenvalue weighted by atomic mass is 16.5. The van der Waals surface area contributed by atoms with E-state index in [4.69, 9.17) is 4.74 Å². The van der Waals surface area contributed by atoms with Crippen LogP contribution in [0.5, 0.6) is 0 Å². The number of rotatable bonds is 7. The Morgan fingerprint density at radius 3 is 2.93 bits per heavy atom. The minimum absolute atomic E-state index is 0.596. The Bertz CT molecular complexity index is 147. The van der Waals surface area contributed by atoms with E-state index in [-0.39, 0.29) is 0 Å². The fourth-order valence-electron chi connectivity index (χ4n) is 1.90. The van der Waals surface area contributed by atoms with Gasteiger partial charge in [0.2, 0.25) is 0 Å². The first-order chi connectivity index (χ1) is 7.33.